The van der Waals surface area contributed by atoms with Gasteiger partial charge in [0.2, 0.25) is 0 Å². The van der Waals surface area contributed by atoms with Crippen LogP contribution in [0.2, 0.25) is 0 Å². The molecule has 2 nitrogen and oxygen atoms in total. The molecule has 0 atom stereocenters. The monoisotopic (exact) mass is 434 g/mol. The molecule has 0 amide bonds. The van der Waals surface area contributed by atoms with E-state index in [1.54, 1.807) is 0 Å². The summed E-state index contributed by atoms with van der Waals surface area (Å²) < 4.78 is 12.1. The number of hydrogen-bond acceptors (Lipinski definition) is 2. The molecule has 1 rings (SSSR count). The van der Waals surface area contributed by atoms with Crippen molar-refractivity contribution < 1.29 is 9.47 Å². The number of rotatable bonds is 20. The fourth-order valence-corrected chi connectivity index (χ4v) is 3.91. The lowest BCUT2D eigenvalue weighted by Crippen LogP contribution is -2.02. The summed E-state index contributed by atoms with van der Waals surface area (Å²) in [6.45, 7) is 10.5. The highest BCUT2D eigenvalue weighted by molar-refractivity contribution is 5.45. The summed E-state index contributed by atoms with van der Waals surface area (Å²) in [4.78, 5) is 0. The van der Waals surface area contributed by atoms with Crippen LogP contribution >= 0.6 is 0 Å². The van der Waals surface area contributed by atoms with Gasteiger partial charge < -0.3 is 9.47 Å². The number of aryl methyl sites for hydroxylation is 2. The maximum absolute atomic E-state index is 6.06. The van der Waals surface area contributed by atoms with Gasteiger partial charge in [0, 0.05) is 0 Å². The zero-order valence-electron chi connectivity index (χ0n) is 20.7. The van der Waals surface area contributed by atoms with Crippen LogP contribution in [-0.2, 0) is 0 Å². The lowest BCUT2D eigenvalue weighted by atomic mass is 10.1. The second-order valence-corrected chi connectivity index (χ2v) is 9.03. The number of ether oxygens (including phenoxy) is 2. The van der Waals surface area contributed by atoms with E-state index in [2.05, 4.69) is 39.8 Å². The van der Waals surface area contributed by atoms with Crippen molar-refractivity contribution in [2.75, 3.05) is 13.2 Å². The summed E-state index contributed by atoms with van der Waals surface area (Å²) in [6.07, 6.45) is 21.4. The minimum absolute atomic E-state index is 0. The number of benzene rings is 1. The SMILES string of the molecule is C.CCCCCCCCCCOc1cc(C)c(OCCCCCCCCCC)cc1C. The van der Waals surface area contributed by atoms with Gasteiger partial charge >= 0.3 is 0 Å². The Labute approximate surface area is 195 Å². The molecule has 2 heteroatoms. The smallest absolute Gasteiger partial charge is 0.122 e. The van der Waals surface area contributed by atoms with Gasteiger partial charge in [0.15, 0.2) is 0 Å². The molecule has 0 saturated carbocycles. The van der Waals surface area contributed by atoms with Gasteiger partial charge in [-0.2, -0.15) is 0 Å². The van der Waals surface area contributed by atoms with Crippen LogP contribution in [0.3, 0.4) is 0 Å². The van der Waals surface area contributed by atoms with E-state index in [-0.39, 0.29) is 7.43 Å². The van der Waals surface area contributed by atoms with Gasteiger partial charge in [-0.3, -0.25) is 0 Å². The number of hydrogen-bond donors (Lipinski definition) is 0. The Balaban J connectivity index is 0.00000900. The van der Waals surface area contributed by atoms with Crippen LogP contribution < -0.4 is 9.47 Å². The third kappa shape index (κ3) is 15.3. The first kappa shape index (κ1) is 29.8. The molecule has 0 heterocycles. The Morgan fingerprint density at radius 3 is 1.10 bits per heavy atom. The maximum Gasteiger partial charge on any atom is 0.122 e. The van der Waals surface area contributed by atoms with Crippen molar-refractivity contribution >= 4 is 0 Å². The van der Waals surface area contributed by atoms with Crippen molar-refractivity contribution in [2.45, 2.75) is 138 Å². The van der Waals surface area contributed by atoms with Crippen molar-refractivity contribution in [1.82, 2.24) is 0 Å². The predicted molar refractivity (Wildman–Crippen MR) is 139 cm³/mol. The maximum atomic E-state index is 6.06. The number of unbranched alkanes of at least 4 members (excludes halogenated alkanes) is 14. The van der Waals surface area contributed by atoms with E-state index in [1.807, 2.05) is 0 Å². The molecule has 1 aromatic carbocycles. The average Bonchev–Trinajstić information content (AvgIpc) is 2.74. The molecule has 0 fully saturated rings. The molecular formula is C29H54O2. The molecule has 0 aliphatic heterocycles. The van der Waals surface area contributed by atoms with E-state index in [0.29, 0.717) is 0 Å². The molecule has 0 aliphatic carbocycles. The van der Waals surface area contributed by atoms with Gasteiger partial charge in [-0.05, 0) is 49.9 Å². The first-order chi connectivity index (χ1) is 14.7. The average molecular weight is 435 g/mol. The van der Waals surface area contributed by atoms with E-state index in [9.17, 15) is 0 Å². The quantitative estimate of drug-likeness (QED) is 0.190. The van der Waals surface area contributed by atoms with Gasteiger partial charge in [-0.1, -0.05) is 111 Å². The minimum Gasteiger partial charge on any atom is -0.493 e. The Bertz CT molecular complexity index is 476. The molecule has 0 radical (unpaired) electrons. The highest BCUT2D eigenvalue weighted by atomic mass is 16.5. The minimum atomic E-state index is 0. The van der Waals surface area contributed by atoms with E-state index in [4.69, 9.17) is 9.47 Å². The predicted octanol–water partition coefficient (Wildman–Crippen LogP) is 9.98. The fraction of sp³-hybridized carbons (Fsp3) is 0.793. The van der Waals surface area contributed by atoms with Gasteiger partial charge in [-0.15, -0.1) is 0 Å². The van der Waals surface area contributed by atoms with Gasteiger partial charge in [0.1, 0.15) is 11.5 Å². The van der Waals surface area contributed by atoms with Crippen LogP contribution in [0, 0.1) is 13.8 Å². The Morgan fingerprint density at radius 1 is 0.484 bits per heavy atom. The second kappa shape index (κ2) is 20.7. The molecule has 31 heavy (non-hydrogen) atoms. The van der Waals surface area contributed by atoms with Crippen molar-refractivity contribution in [3.63, 3.8) is 0 Å². The first-order valence-electron chi connectivity index (χ1n) is 13.1. The van der Waals surface area contributed by atoms with Crippen LogP contribution in [0.5, 0.6) is 11.5 Å². The van der Waals surface area contributed by atoms with Gasteiger partial charge in [0.25, 0.3) is 0 Å². The molecule has 0 spiro atoms. The van der Waals surface area contributed by atoms with Crippen LogP contribution in [0.15, 0.2) is 12.1 Å². The highest BCUT2D eigenvalue weighted by Crippen LogP contribution is 2.28. The van der Waals surface area contributed by atoms with Crippen LogP contribution in [-0.4, -0.2) is 13.2 Å². The molecule has 1 aromatic rings. The van der Waals surface area contributed by atoms with Crippen molar-refractivity contribution in [2.24, 2.45) is 0 Å². The largest absolute Gasteiger partial charge is 0.493 e. The van der Waals surface area contributed by atoms with Gasteiger partial charge in [-0.25, -0.2) is 0 Å². The summed E-state index contributed by atoms with van der Waals surface area (Å²) in [5.74, 6) is 2.05. The fourth-order valence-electron chi connectivity index (χ4n) is 3.91. The van der Waals surface area contributed by atoms with E-state index >= 15 is 0 Å². The summed E-state index contributed by atoms with van der Waals surface area (Å²) >= 11 is 0. The molecule has 0 bridgehead atoms. The lowest BCUT2D eigenvalue weighted by molar-refractivity contribution is 0.293. The molecule has 0 aliphatic rings. The molecule has 0 unspecified atom stereocenters. The summed E-state index contributed by atoms with van der Waals surface area (Å²) in [7, 11) is 0. The third-order valence-electron chi connectivity index (χ3n) is 5.98. The Hall–Kier alpha value is -1.18. The topological polar surface area (TPSA) is 18.5 Å². The summed E-state index contributed by atoms with van der Waals surface area (Å²) in [5, 5.41) is 0. The highest BCUT2D eigenvalue weighted by Gasteiger charge is 2.07. The van der Waals surface area contributed by atoms with E-state index in [1.165, 1.54) is 101 Å². The lowest BCUT2D eigenvalue weighted by Gasteiger charge is -2.14. The van der Waals surface area contributed by atoms with Crippen LogP contribution in [0.25, 0.3) is 0 Å². The Morgan fingerprint density at radius 2 is 0.774 bits per heavy atom. The molecular weight excluding hydrogens is 380 g/mol. The normalized spacial score (nSPS) is 10.7. The molecule has 182 valence electrons. The molecule has 0 aromatic heterocycles. The Kier molecular flexibility index (Phi) is 19.9. The second-order valence-electron chi connectivity index (χ2n) is 9.03. The van der Waals surface area contributed by atoms with Crippen LogP contribution in [0.1, 0.15) is 135 Å². The van der Waals surface area contributed by atoms with Crippen molar-refractivity contribution in [3.8, 4) is 11.5 Å². The molecule has 0 N–H and O–H groups in total. The third-order valence-corrected chi connectivity index (χ3v) is 5.98. The van der Waals surface area contributed by atoms with E-state index in [0.717, 1.165) is 37.6 Å². The van der Waals surface area contributed by atoms with Gasteiger partial charge in [0.05, 0.1) is 13.2 Å². The van der Waals surface area contributed by atoms with Crippen LogP contribution in [0.4, 0.5) is 0 Å². The van der Waals surface area contributed by atoms with E-state index < -0.39 is 0 Å². The summed E-state index contributed by atoms with van der Waals surface area (Å²) in [5.41, 5.74) is 2.37. The zero-order valence-corrected chi connectivity index (χ0v) is 20.7. The zero-order chi connectivity index (χ0) is 21.9. The summed E-state index contributed by atoms with van der Waals surface area (Å²) in [6, 6.07) is 4.31. The first-order valence-corrected chi connectivity index (χ1v) is 13.1. The molecule has 0 saturated heterocycles. The standard InChI is InChI=1S/C28H50O2.CH4/c1-5-7-9-11-13-15-17-19-21-29-27-23-26(4)28(24-25(27)3)30-22-20-18-16-14-12-10-8-6-2;/h23-24H,5-22H2,1-4H3;1H4. The van der Waals surface area contributed by atoms with Crippen molar-refractivity contribution in [3.05, 3.63) is 23.3 Å². The van der Waals surface area contributed by atoms with Crippen molar-refractivity contribution in [1.29, 1.82) is 0 Å².